The molecule has 1 aromatic carbocycles. The van der Waals surface area contributed by atoms with E-state index in [2.05, 4.69) is 4.98 Å². The highest BCUT2D eigenvalue weighted by Gasteiger charge is 2.61. The molecule has 2 aromatic rings. The van der Waals surface area contributed by atoms with Gasteiger partial charge in [0.25, 0.3) is 0 Å². The van der Waals surface area contributed by atoms with Crippen molar-refractivity contribution in [1.82, 2.24) is 9.55 Å². The van der Waals surface area contributed by atoms with Crippen LogP contribution in [0.3, 0.4) is 0 Å². The summed E-state index contributed by atoms with van der Waals surface area (Å²) in [5.74, 6) is 0.164. The summed E-state index contributed by atoms with van der Waals surface area (Å²) in [6, 6.07) is 8.83. The number of hydrogen-bond acceptors (Lipinski definition) is 6. The van der Waals surface area contributed by atoms with Gasteiger partial charge in [-0.15, -0.1) is 0 Å². The fourth-order valence-corrected chi connectivity index (χ4v) is 3.62. The Morgan fingerprint density at radius 3 is 2.64 bits per heavy atom. The van der Waals surface area contributed by atoms with Crippen LogP contribution in [-0.2, 0) is 14.2 Å². The molecule has 5 atom stereocenters. The SMILES string of the molecule is CC1OC(n2ccc(N)nc2=O)[C@]2(C)OC(c3ccc(Cl)cc3)O[C@H]12. The lowest BCUT2D eigenvalue weighted by molar-refractivity contribution is -0.169. The molecule has 0 aliphatic carbocycles. The number of nitrogens with zero attached hydrogens (tertiary/aromatic N) is 2. The van der Waals surface area contributed by atoms with Crippen molar-refractivity contribution in [3.63, 3.8) is 0 Å². The van der Waals surface area contributed by atoms with Crippen LogP contribution in [0.15, 0.2) is 41.3 Å². The maximum absolute atomic E-state index is 12.2. The predicted octanol–water partition coefficient (Wildman–Crippen LogP) is 2.27. The molecule has 25 heavy (non-hydrogen) atoms. The molecule has 7 nitrogen and oxygen atoms in total. The van der Waals surface area contributed by atoms with Crippen LogP contribution in [-0.4, -0.2) is 27.4 Å². The first kappa shape index (κ1) is 16.5. The number of benzene rings is 1. The van der Waals surface area contributed by atoms with Gasteiger partial charge in [0.2, 0.25) is 0 Å². The molecule has 0 spiro atoms. The van der Waals surface area contributed by atoms with E-state index >= 15 is 0 Å². The summed E-state index contributed by atoms with van der Waals surface area (Å²) in [7, 11) is 0. The van der Waals surface area contributed by atoms with E-state index in [9.17, 15) is 4.79 Å². The Morgan fingerprint density at radius 1 is 1.24 bits per heavy atom. The van der Waals surface area contributed by atoms with Crippen LogP contribution in [0.4, 0.5) is 5.82 Å². The van der Waals surface area contributed by atoms with Crippen molar-refractivity contribution in [3.8, 4) is 0 Å². The number of ether oxygens (including phenoxy) is 3. The zero-order chi connectivity index (χ0) is 17.8. The average Bonchev–Trinajstić information content (AvgIpc) is 3.02. The Morgan fingerprint density at radius 2 is 1.96 bits per heavy atom. The standard InChI is InChI=1S/C17H18ClN3O4/c1-9-13-17(2,15(23-9)21-8-7-12(19)20-16(21)22)25-14(24-13)10-3-5-11(18)6-4-10/h3-9,13-15H,1-2H3,(H2,19,20,22)/t9?,13-,14?,15?,17-/m1/s1. The third-order valence-electron chi connectivity index (χ3n) is 4.70. The van der Waals surface area contributed by atoms with Gasteiger partial charge in [0.05, 0.1) is 6.10 Å². The third-order valence-corrected chi connectivity index (χ3v) is 4.95. The molecule has 2 fully saturated rings. The molecule has 0 bridgehead atoms. The fourth-order valence-electron chi connectivity index (χ4n) is 3.49. The minimum atomic E-state index is -0.842. The molecule has 8 heteroatoms. The summed E-state index contributed by atoms with van der Waals surface area (Å²) in [6.07, 6.45) is -0.238. The van der Waals surface area contributed by atoms with E-state index in [-0.39, 0.29) is 18.0 Å². The number of hydrogen-bond donors (Lipinski definition) is 1. The van der Waals surface area contributed by atoms with Gasteiger partial charge >= 0.3 is 5.69 Å². The molecule has 132 valence electrons. The molecular weight excluding hydrogens is 346 g/mol. The lowest BCUT2D eigenvalue weighted by Crippen LogP contribution is -2.43. The Balaban J connectivity index is 1.68. The van der Waals surface area contributed by atoms with Crippen molar-refractivity contribution < 1.29 is 14.2 Å². The number of aromatic nitrogens is 2. The minimum Gasteiger partial charge on any atom is -0.383 e. The molecular formula is C17H18ClN3O4. The largest absolute Gasteiger partial charge is 0.383 e. The first-order chi connectivity index (χ1) is 11.9. The second kappa shape index (κ2) is 5.81. The number of fused-ring (bicyclic) bond motifs is 1. The maximum Gasteiger partial charge on any atom is 0.351 e. The molecule has 4 rings (SSSR count). The van der Waals surface area contributed by atoms with Crippen molar-refractivity contribution in [2.45, 2.75) is 44.2 Å². The summed E-state index contributed by atoms with van der Waals surface area (Å²) in [5, 5.41) is 0.641. The second-order valence-corrected chi connectivity index (χ2v) is 6.91. The van der Waals surface area contributed by atoms with E-state index in [0.717, 1.165) is 5.56 Å². The molecule has 3 unspecified atom stereocenters. The smallest absolute Gasteiger partial charge is 0.351 e. The van der Waals surface area contributed by atoms with Crippen LogP contribution in [0.25, 0.3) is 0 Å². The topological polar surface area (TPSA) is 88.6 Å². The van der Waals surface area contributed by atoms with Gasteiger partial charge in [-0.25, -0.2) is 4.79 Å². The molecule has 0 saturated carbocycles. The van der Waals surface area contributed by atoms with Crippen molar-refractivity contribution >= 4 is 17.4 Å². The number of anilines is 1. The normalized spacial score (nSPS) is 34.2. The van der Waals surface area contributed by atoms with Crippen LogP contribution in [0, 0.1) is 0 Å². The van der Waals surface area contributed by atoms with Crippen LogP contribution >= 0.6 is 11.6 Å². The zero-order valence-corrected chi connectivity index (χ0v) is 14.5. The van der Waals surface area contributed by atoms with E-state index in [4.69, 9.17) is 31.5 Å². The highest BCUT2D eigenvalue weighted by molar-refractivity contribution is 6.30. The van der Waals surface area contributed by atoms with Crippen molar-refractivity contribution in [2.24, 2.45) is 0 Å². The van der Waals surface area contributed by atoms with Crippen molar-refractivity contribution in [2.75, 3.05) is 5.73 Å². The number of halogens is 1. The molecule has 3 heterocycles. The van der Waals surface area contributed by atoms with E-state index in [1.807, 2.05) is 26.0 Å². The Labute approximate surface area is 149 Å². The second-order valence-electron chi connectivity index (χ2n) is 6.48. The Bertz CT molecular complexity index is 856. The molecule has 0 radical (unpaired) electrons. The molecule has 2 aliphatic rings. The van der Waals surface area contributed by atoms with E-state index in [0.29, 0.717) is 5.02 Å². The summed E-state index contributed by atoms with van der Waals surface area (Å²) < 4.78 is 19.6. The first-order valence-electron chi connectivity index (χ1n) is 7.97. The first-order valence-corrected chi connectivity index (χ1v) is 8.35. The van der Waals surface area contributed by atoms with E-state index in [1.165, 1.54) is 4.57 Å². The van der Waals surface area contributed by atoms with Gasteiger partial charge in [0, 0.05) is 16.8 Å². The van der Waals surface area contributed by atoms with Crippen LogP contribution in [0.1, 0.15) is 31.9 Å². The summed E-state index contributed by atoms with van der Waals surface area (Å²) in [4.78, 5) is 16.0. The van der Waals surface area contributed by atoms with Gasteiger partial charge in [0.1, 0.15) is 17.5 Å². The van der Waals surface area contributed by atoms with Crippen LogP contribution in [0.2, 0.25) is 5.02 Å². The molecule has 0 amide bonds. The number of nitrogens with two attached hydrogens (primary N) is 1. The summed E-state index contributed by atoms with van der Waals surface area (Å²) >= 11 is 5.94. The Kier molecular flexibility index (Phi) is 3.84. The van der Waals surface area contributed by atoms with Gasteiger partial charge in [-0.1, -0.05) is 23.7 Å². The number of nitrogen functional groups attached to an aromatic ring is 1. The minimum absolute atomic E-state index is 0.164. The van der Waals surface area contributed by atoms with E-state index < -0.39 is 23.8 Å². The maximum atomic E-state index is 12.2. The van der Waals surface area contributed by atoms with Gasteiger partial charge in [-0.05, 0) is 32.0 Å². The lowest BCUT2D eigenvalue weighted by atomic mass is 9.97. The van der Waals surface area contributed by atoms with Crippen molar-refractivity contribution in [1.29, 1.82) is 0 Å². The highest BCUT2D eigenvalue weighted by atomic mass is 35.5. The van der Waals surface area contributed by atoms with Crippen molar-refractivity contribution in [3.05, 3.63) is 57.6 Å². The third kappa shape index (κ3) is 2.64. The average molecular weight is 364 g/mol. The Hall–Kier alpha value is -1.93. The lowest BCUT2D eigenvalue weighted by Gasteiger charge is -2.28. The van der Waals surface area contributed by atoms with Crippen LogP contribution in [0.5, 0.6) is 0 Å². The monoisotopic (exact) mass is 363 g/mol. The van der Waals surface area contributed by atoms with Gasteiger partial charge in [-0.3, -0.25) is 4.57 Å². The van der Waals surface area contributed by atoms with Gasteiger partial charge in [0.15, 0.2) is 12.5 Å². The zero-order valence-electron chi connectivity index (χ0n) is 13.8. The highest BCUT2D eigenvalue weighted by Crippen LogP contribution is 2.51. The summed E-state index contributed by atoms with van der Waals surface area (Å²) in [6.45, 7) is 3.77. The van der Waals surface area contributed by atoms with Gasteiger partial charge < -0.3 is 19.9 Å². The summed E-state index contributed by atoms with van der Waals surface area (Å²) in [5.41, 5.74) is 5.10. The molecule has 1 aromatic heterocycles. The fraction of sp³-hybridized carbons (Fsp3) is 0.412. The van der Waals surface area contributed by atoms with E-state index in [1.54, 1.807) is 24.4 Å². The quantitative estimate of drug-likeness (QED) is 0.880. The molecule has 2 aliphatic heterocycles. The predicted molar refractivity (Wildman–Crippen MR) is 91.0 cm³/mol. The van der Waals surface area contributed by atoms with Gasteiger partial charge in [-0.2, -0.15) is 4.98 Å². The van der Waals surface area contributed by atoms with Crippen LogP contribution < -0.4 is 11.4 Å². The molecule has 2 saturated heterocycles. The number of rotatable bonds is 2. The molecule has 2 N–H and O–H groups in total.